The molecule has 2 N–H and O–H groups in total. The molecule has 0 fully saturated rings. The van der Waals surface area contributed by atoms with Crippen LogP contribution in [-0.2, 0) is 13.2 Å². The molecule has 1 aromatic heterocycles. The van der Waals surface area contributed by atoms with E-state index in [9.17, 15) is 27.2 Å². The Bertz CT molecular complexity index is 1160. The fraction of sp³-hybridized carbons (Fsp3) is 0.190. The third-order valence-corrected chi connectivity index (χ3v) is 4.46. The molecule has 2 aromatic carbocycles. The van der Waals surface area contributed by atoms with Crippen LogP contribution < -0.4 is 15.6 Å². The quantitative estimate of drug-likeness (QED) is 0.435. The van der Waals surface area contributed by atoms with Gasteiger partial charge >= 0.3 is 12.2 Å². The van der Waals surface area contributed by atoms with E-state index < -0.39 is 29.3 Å². The summed E-state index contributed by atoms with van der Waals surface area (Å²) in [5, 5.41) is 11.3. The Hall–Kier alpha value is -3.93. The Labute approximate surface area is 186 Å². The summed E-state index contributed by atoms with van der Waals surface area (Å²) in [6.07, 6.45) is -1.98. The number of nitrogens with zero attached hydrogens (tertiary/aromatic N) is 4. The molecule has 1 heterocycles. The highest BCUT2D eigenvalue weighted by Crippen LogP contribution is 2.36. The average molecular weight is 464 g/mol. The molecular weight excluding hydrogens is 444 g/mol. The predicted octanol–water partition coefficient (Wildman–Crippen LogP) is 4.35. The van der Waals surface area contributed by atoms with Gasteiger partial charge < -0.3 is 10.6 Å². The number of aromatic nitrogens is 2. The SMILES string of the molecule is CN(C)N(C(=O)c1cnn(C)c1)c1ccc(NC(=O)Nc2cccc(F)c2C(F)(F)F)cc1. The molecule has 0 radical (unpaired) electrons. The Kier molecular flexibility index (Phi) is 6.68. The van der Waals surface area contributed by atoms with Crippen molar-refractivity contribution in [1.82, 2.24) is 14.8 Å². The van der Waals surface area contributed by atoms with Crippen molar-refractivity contribution in [2.45, 2.75) is 6.18 Å². The van der Waals surface area contributed by atoms with Gasteiger partial charge in [0.05, 0.1) is 23.1 Å². The molecule has 0 aliphatic carbocycles. The molecule has 3 amide bonds. The maximum Gasteiger partial charge on any atom is 0.421 e. The number of amides is 3. The molecule has 0 spiro atoms. The van der Waals surface area contributed by atoms with Crippen LogP contribution in [0.2, 0.25) is 0 Å². The van der Waals surface area contributed by atoms with Crippen molar-refractivity contribution < 1.29 is 27.2 Å². The van der Waals surface area contributed by atoms with Crippen LogP contribution in [0.3, 0.4) is 0 Å². The number of benzene rings is 2. The maximum absolute atomic E-state index is 13.7. The van der Waals surface area contributed by atoms with Crippen molar-refractivity contribution in [2.75, 3.05) is 29.7 Å². The number of hydrazine groups is 1. The lowest BCUT2D eigenvalue weighted by molar-refractivity contribution is -0.139. The molecule has 0 atom stereocenters. The summed E-state index contributed by atoms with van der Waals surface area (Å²) in [4.78, 5) is 25.0. The van der Waals surface area contributed by atoms with E-state index in [0.29, 0.717) is 17.3 Å². The zero-order valence-corrected chi connectivity index (χ0v) is 17.8. The Morgan fingerprint density at radius 2 is 1.70 bits per heavy atom. The zero-order chi connectivity index (χ0) is 24.3. The summed E-state index contributed by atoms with van der Waals surface area (Å²) in [7, 11) is 5.03. The highest BCUT2D eigenvalue weighted by Gasteiger charge is 2.37. The van der Waals surface area contributed by atoms with Gasteiger partial charge in [-0.1, -0.05) is 6.07 Å². The van der Waals surface area contributed by atoms with Crippen LogP contribution in [0.15, 0.2) is 54.9 Å². The average Bonchev–Trinajstić information content (AvgIpc) is 3.14. The number of anilines is 3. The first kappa shape index (κ1) is 23.7. The van der Waals surface area contributed by atoms with E-state index in [1.165, 1.54) is 28.0 Å². The lowest BCUT2D eigenvalue weighted by Crippen LogP contribution is -2.42. The molecule has 3 aromatic rings. The van der Waals surface area contributed by atoms with Gasteiger partial charge in [-0.3, -0.25) is 9.48 Å². The minimum Gasteiger partial charge on any atom is -0.308 e. The number of carbonyl (C=O) groups is 2. The molecule has 12 heteroatoms. The third kappa shape index (κ3) is 5.47. The van der Waals surface area contributed by atoms with Gasteiger partial charge in [0.25, 0.3) is 5.91 Å². The summed E-state index contributed by atoms with van der Waals surface area (Å²) in [6.45, 7) is 0. The summed E-state index contributed by atoms with van der Waals surface area (Å²) in [5.74, 6) is -1.83. The highest BCUT2D eigenvalue weighted by molar-refractivity contribution is 6.05. The minimum absolute atomic E-state index is 0.244. The minimum atomic E-state index is -4.98. The molecule has 0 saturated carbocycles. The van der Waals surface area contributed by atoms with Gasteiger partial charge in [-0.25, -0.2) is 19.2 Å². The number of hydrogen-bond donors (Lipinski definition) is 2. The van der Waals surface area contributed by atoms with Crippen LogP contribution >= 0.6 is 0 Å². The van der Waals surface area contributed by atoms with E-state index >= 15 is 0 Å². The van der Waals surface area contributed by atoms with Gasteiger partial charge in [0.2, 0.25) is 0 Å². The Morgan fingerprint density at radius 1 is 1.03 bits per heavy atom. The largest absolute Gasteiger partial charge is 0.421 e. The van der Waals surface area contributed by atoms with Crippen LogP contribution in [-0.4, -0.2) is 40.8 Å². The second-order valence-electron chi connectivity index (χ2n) is 7.15. The molecule has 0 saturated heterocycles. The standard InChI is InChI=1S/C21H20F4N6O2/c1-29(2)31(19(32)13-11-26-30(3)12-13)15-9-7-14(8-10-15)27-20(33)28-17-6-4-5-16(22)18(17)21(23,24)25/h4-12H,1-3H3,(H2,27,28,33). The Morgan fingerprint density at radius 3 is 2.24 bits per heavy atom. The lowest BCUT2D eigenvalue weighted by Gasteiger charge is -2.28. The number of nitrogens with one attached hydrogen (secondary N) is 2. The van der Waals surface area contributed by atoms with E-state index in [2.05, 4.69) is 10.4 Å². The van der Waals surface area contributed by atoms with Crippen LogP contribution in [0.1, 0.15) is 15.9 Å². The molecule has 174 valence electrons. The van der Waals surface area contributed by atoms with Crippen molar-refractivity contribution in [3.05, 3.63) is 71.8 Å². The second-order valence-corrected chi connectivity index (χ2v) is 7.15. The predicted molar refractivity (Wildman–Crippen MR) is 114 cm³/mol. The van der Waals surface area contributed by atoms with Crippen LogP contribution in [0.5, 0.6) is 0 Å². The van der Waals surface area contributed by atoms with Crippen LogP contribution in [0, 0.1) is 5.82 Å². The number of urea groups is 1. The summed E-state index contributed by atoms with van der Waals surface area (Å²) >= 11 is 0. The van der Waals surface area contributed by atoms with Crippen molar-refractivity contribution >= 4 is 29.0 Å². The first-order chi connectivity index (χ1) is 15.5. The topological polar surface area (TPSA) is 82.5 Å². The molecule has 0 aliphatic rings. The van der Waals surface area contributed by atoms with Gasteiger partial charge in [-0.15, -0.1) is 0 Å². The first-order valence-electron chi connectivity index (χ1n) is 9.51. The molecule has 0 aliphatic heterocycles. The van der Waals surface area contributed by atoms with Crippen molar-refractivity contribution in [3.8, 4) is 0 Å². The number of rotatable bonds is 5. The number of alkyl halides is 3. The van der Waals surface area contributed by atoms with E-state index in [0.717, 1.165) is 12.1 Å². The molecular formula is C21H20F4N6O2. The normalized spacial score (nSPS) is 11.4. The Balaban J connectivity index is 1.75. The van der Waals surface area contributed by atoms with Crippen molar-refractivity contribution in [1.29, 1.82) is 0 Å². The molecule has 33 heavy (non-hydrogen) atoms. The van der Waals surface area contributed by atoms with Gasteiger partial charge in [-0.05, 0) is 36.4 Å². The van der Waals surface area contributed by atoms with E-state index in [1.54, 1.807) is 44.5 Å². The van der Waals surface area contributed by atoms with Gasteiger partial charge in [-0.2, -0.15) is 18.3 Å². The van der Waals surface area contributed by atoms with Crippen molar-refractivity contribution in [3.63, 3.8) is 0 Å². The first-order valence-corrected chi connectivity index (χ1v) is 9.51. The monoisotopic (exact) mass is 464 g/mol. The van der Waals surface area contributed by atoms with Crippen molar-refractivity contribution in [2.24, 2.45) is 7.05 Å². The number of aryl methyl sites for hydroxylation is 1. The second kappa shape index (κ2) is 9.28. The number of carbonyl (C=O) groups excluding carboxylic acids is 2. The molecule has 0 unspecified atom stereocenters. The fourth-order valence-corrected chi connectivity index (χ4v) is 3.07. The third-order valence-electron chi connectivity index (χ3n) is 4.46. The smallest absolute Gasteiger partial charge is 0.308 e. The summed E-state index contributed by atoms with van der Waals surface area (Å²) in [5.41, 5.74) is -1.19. The van der Waals surface area contributed by atoms with E-state index in [4.69, 9.17) is 0 Å². The van der Waals surface area contributed by atoms with Crippen LogP contribution in [0.25, 0.3) is 0 Å². The highest BCUT2D eigenvalue weighted by atomic mass is 19.4. The van der Waals surface area contributed by atoms with Gasteiger partial charge in [0, 0.05) is 33.0 Å². The van der Waals surface area contributed by atoms with E-state index in [-0.39, 0.29) is 11.6 Å². The molecule has 0 bridgehead atoms. The summed E-state index contributed by atoms with van der Waals surface area (Å²) in [6, 6.07) is 7.72. The lowest BCUT2D eigenvalue weighted by atomic mass is 10.1. The van der Waals surface area contributed by atoms with Gasteiger partial charge in [0.1, 0.15) is 11.4 Å². The number of halogens is 4. The maximum atomic E-state index is 13.7. The molecule has 3 rings (SSSR count). The summed E-state index contributed by atoms with van der Waals surface area (Å²) < 4.78 is 54.5. The van der Waals surface area contributed by atoms with Gasteiger partial charge in [0.15, 0.2) is 0 Å². The zero-order valence-electron chi connectivity index (χ0n) is 17.8. The van der Waals surface area contributed by atoms with Crippen LogP contribution in [0.4, 0.5) is 39.4 Å². The fourth-order valence-electron chi connectivity index (χ4n) is 3.07. The number of hydrogen-bond acceptors (Lipinski definition) is 4. The van der Waals surface area contributed by atoms with E-state index in [1.807, 2.05) is 5.32 Å². The molecule has 8 nitrogen and oxygen atoms in total.